The van der Waals surface area contributed by atoms with Gasteiger partial charge in [-0.15, -0.1) is 13.2 Å². The largest absolute Gasteiger partial charge is 1.00 e. The predicted molar refractivity (Wildman–Crippen MR) is 241 cm³/mol. The molecule has 363 valence electrons. The number of amides is 2. The first-order chi connectivity index (χ1) is 31.3. The minimum atomic E-state index is -1.01. The maximum atomic E-state index is 12.5. The van der Waals surface area contributed by atoms with Crippen LogP contribution in [0.15, 0.2) is 86.0 Å². The van der Waals surface area contributed by atoms with Crippen LogP contribution in [0.25, 0.3) is 0 Å². The summed E-state index contributed by atoms with van der Waals surface area (Å²) in [5.41, 5.74) is 0.906. The Hall–Kier alpha value is -5.63. The van der Waals surface area contributed by atoms with E-state index in [1.807, 2.05) is 85.7 Å². The van der Waals surface area contributed by atoms with Crippen molar-refractivity contribution >= 4 is 56.6 Å². The minimum absolute atomic E-state index is 0. The molecule has 0 saturated carbocycles. The fraction of sp³-hybridized carbons (Fsp3) is 0.478. The normalized spacial score (nSPS) is 18.2. The fourth-order valence-corrected chi connectivity index (χ4v) is 6.74. The van der Waals surface area contributed by atoms with E-state index in [9.17, 15) is 33.6 Å². The number of likely N-dealkylation sites (tertiary alicyclic amines) is 2. The first-order valence-corrected chi connectivity index (χ1v) is 20.4. The summed E-state index contributed by atoms with van der Waals surface area (Å²) in [7, 11) is 13.5. The second-order valence-electron chi connectivity index (χ2n) is 14.8. The minimum Gasteiger partial charge on any atom is -0.793 e. The summed E-state index contributed by atoms with van der Waals surface area (Å²) < 4.78 is 19.2. The Morgan fingerprint density at radius 1 is 0.791 bits per heavy atom. The summed E-state index contributed by atoms with van der Waals surface area (Å²) in [6, 6.07) is 18.2. The van der Waals surface area contributed by atoms with Crippen LogP contribution in [0.1, 0.15) is 64.5 Å². The standard InChI is InChI=1S/C19H28N2O2.C18H21NO5.C4H6O4.C2H3BO2.C2H7N.CO2.Na/c1-5-11-19(15-20(3)4)12-13-21(16(19)2)18(22)23-14-17-9-7-6-8-10-17;1-3-9-18(13-20)10-11-19(15(18)16(21)23-2)17(22)24-12-14-7-5-4-6-8-14;1-3(5)7-8-4(2)6;1-2(4)5-3;1-3-2;2-1-3;/h5-10,16H,1,11-15H2,2-4H3;3-8,13,15H,1,9-12H2,2H3;1-2H3;1H3;3H,1-2H3;;/q;;;-1;;;+1/t16-,19-;15-,18-;;;;;/m11...../s1. The number of carbonyl (C=O) groups excluding carboxylic acids is 9. The van der Waals surface area contributed by atoms with E-state index in [1.165, 1.54) is 18.9 Å². The Kier molecular flexibility index (Phi) is 36.7. The number of hydrogen-bond donors (Lipinski definition) is 1. The Morgan fingerprint density at radius 2 is 1.19 bits per heavy atom. The van der Waals surface area contributed by atoms with Gasteiger partial charge in [0.2, 0.25) is 5.97 Å². The number of nitrogens with one attached hydrogen (secondary N) is 1. The van der Waals surface area contributed by atoms with E-state index in [2.05, 4.69) is 66.9 Å². The molecular formula is C46H65BN4NaO15. The quantitative estimate of drug-likeness (QED) is 0.0608. The number of ether oxygens (including phenoxy) is 3. The average Bonchev–Trinajstić information content (AvgIpc) is 3.82. The molecule has 2 saturated heterocycles. The molecule has 0 aromatic heterocycles. The molecule has 2 aromatic rings. The first kappa shape index (κ1) is 65.7. The molecule has 0 aliphatic carbocycles. The average molecular weight is 948 g/mol. The van der Waals surface area contributed by atoms with Crippen LogP contribution in [0.2, 0.25) is 0 Å². The van der Waals surface area contributed by atoms with Crippen molar-refractivity contribution in [1.82, 2.24) is 20.0 Å². The van der Waals surface area contributed by atoms with Crippen LogP contribution in [0, 0.1) is 10.8 Å². The number of aldehydes is 1. The monoisotopic (exact) mass is 947 g/mol. The number of esters is 1. The topological polar surface area (TPSA) is 231 Å². The van der Waals surface area contributed by atoms with Crippen LogP contribution < -0.4 is 34.9 Å². The molecule has 4 atom stereocenters. The molecule has 2 amide bonds. The van der Waals surface area contributed by atoms with Gasteiger partial charge in [-0.1, -0.05) is 72.8 Å². The number of allylic oxidation sites excluding steroid dienone is 2. The van der Waals surface area contributed by atoms with Crippen molar-refractivity contribution in [3.63, 3.8) is 0 Å². The van der Waals surface area contributed by atoms with Crippen molar-refractivity contribution in [3.05, 3.63) is 97.1 Å². The molecule has 0 bridgehead atoms. The molecule has 2 heterocycles. The third-order valence-corrected chi connectivity index (χ3v) is 9.57. The van der Waals surface area contributed by atoms with E-state index < -0.39 is 41.4 Å². The number of rotatable bonds is 12. The van der Waals surface area contributed by atoms with Gasteiger partial charge >= 0.3 is 65.8 Å². The summed E-state index contributed by atoms with van der Waals surface area (Å²) in [4.78, 5) is 107. The molecule has 3 radical (unpaired) electrons. The van der Waals surface area contributed by atoms with Crippen molar-refractivity contribution in [2.24, 2.45) is 10.8 Å². The van der Waals surface area contributed by atoms with Gasteiger partial charge in [-0.2, -0.15) is 9.59 Å². The molecule has 1 N–H and O–H groups in total. The molecular weight excluding hydrogens is 882 g/mol. The van der Waals surface area contributed by atoms with Crippen LogP contribution in [-0.2, 0) is 75.4 Å². The van der Waals surface area contributed by atoms with Gasteiger partial charge in [-0.25, -0.2) is 33.7 Å². The second kappa shape index (κ2) is 37.5. The molecule has 2 aliphatic heterocycles. The first-order valence-electron chi connectivity index (χ1n) is 20.4. The third-order valence-electron chi connectivity index (χ3n) is 9.57. The molecule has 21 heteroatoms. The number of methoxy groups -OCH3 is 1. The van der Waals surface area contributed by atoms with Crippen molar-refractivity contribution in [1.29, 1.82) is 0 Å². The van der Waals surface area contributed by atoms with E-state index in [4.69, 9.17) is 23.8 Å². The molecule has 67 heavy (non-hydrogen) atoms. The number of carbonyl (C=O) groups is 7. The summed E-state index contributed by atoms with van der Waals surface area (Å²) in [5, 5.41) is 2.75. The summed E-state index contributed by atoms with van der Waals surface area (Å²) >= 11 is 0. The number of nitrogens with zero attached hydrogens (tertiary/aromatic N) is 3. The van der Waals surface area contributed by atoms with Crippen molar-refractivity contribution < 1.29 is 101 Å². The van der Waals surface area contributed by atoms with E-state index in [1.54, 1.807) is 6.08 Å². The van der Waals surface area contributed by atoms with E-state index in [0.717, 1.165) is 57.2 Å². The van der Waals surface area contributed by atoms with Gasteiger partial charge in [0.05, 0.1) is 12.5 Å². The summed E-state index contributed by atoms with van der Waals surface area (Å²) in [5.74, 6) is -2.37. The molecule has 4 rings (SSSR count). The maximum Gasteiger partial charge on any atom is 1.00 e. The fourth-order valence-electron chi connectivity index (χ4n) is 6.74. The van der Waals surface area contributed by atoms with Gasteiger partial charge in [0, 0.05) is 51.9 Å². The van der Waals surface area contributed by atoms with Crippen LogP contribution in [0.4, 0.5) is 9.59 Å². The molecule has 0 spiro atoms. The Labute approximate surface area is 417 Å². The molecule has 2 aliphatic rings. The zero-order valence-corrected chi connectivity index (χ0v) is 42.5. The Morgan fingerprint density at radius 3 is 1.54 bits per heavy atom. The zero-order chi connectivity index (χ0) is 50.7. The van der Waals surface area contributed by atoms with Gasteiger partial charge in [-0.3, -0.25) is 9.69 Å². The third kappa shape index (κ3) is 25.8. The van der Waals surface area contributed by atoms with Gasteiger partial charge < -0.3 is 46.8 Å². The zero-order valence-electron chi connectivity index (χ0n) is 40.5. The SMILES string of the molecule is C=CC[C@]1(C=O)CCN(C(=O)OCc2ccccc2)[C@@H]1C(=O)OC.C=CC[C@]1(CN(C)C)CCN(C(=O)OCc2ccccc2)[C@@H]1C.CC(=O)OOC(C)=O.CNC.O=C=O.[B-]OC(C)=O.[Na+]. The second-order valence-corrected chi connectivity index (χ2v) is 14.8. The summed E-state index contributed by atoms with van der Waals surface area (Å²) in [6.45, 7) is 15.6. The number of benzene rings is 2. The van der Waals surface area contributed by atoms with Crippen molar-refractivity contribution in [2.45, 2.75) is 78.7 Å². The van der Waals surface area contributed by atoms with Crippen molar-refractivity contribution in [3.8, 4) is 0 Å². The van der Waals surface area contributed by atoms with Crippen molar-refractivity contribution in [2.75, 3.05) is 54.9 Å². The van der Waals surface area contributed by atoms with Gasteiger partial charge in [0.1, 0.15) is 25.5 Å². The Balaban J connectivity index is -0.000000878. The predicted octanol–water partition coefficient (Wildman–Crippen LogP) is 1.79. The molecule has 2 aromatic carbocycles. The van der Waals surface area contributed by atoms with Crippen LogP contribution in [0.3, 0.4) is 0 Å². The summed E-state index contributed by atoms with van der Waals surface area (Å²) in [6.07, 6.45) is 6.21. The van der Waals surface area contributed by atoms with E-state index in [0.29, 0.717) is 19.4 Å². The van der Waals surface area contributed by atoms with Gasteiger partial charge in [-0.05, 0) is 71.9 Å². The van der Waals surface area contributed by atoms with E-state index in [-0.39, 0.29) is 66.4 Å². The Bertz CT molecular complexity index is 1820. The van der Waals surface area contributed by atoms with E-state index >= 15 is 0 Å². The molecule has 2 fully saturated rings. The number of hydrogen-bond acceptors (Lipinski definition) is 17. The van der Waals surface area contributed by atoms with Crippen LogP contribution in [-0.4, -0.2) is 138 Å². The molecule has 19 nitrogen and oxygen atoms in total. The maximum absolute atomic E-state index is 12.5. The van der Waals surface area contributed by atoms with Crippen LogP contribution in [0.5, 0.6) is 0 Å². The van der Waals surface area contributed by atoms with Gasteiger partial charge in [0.25, 0.3) is 0 Å². The van der Waals surface area contributed by atoms with Gasteiger partial charge in [0.15, 0.2) is 0 Å². The smallest absolute Gasteiger partial charge is 0.793 e. The molecule has 0 unspecified atom stereocenters. The van der Waals surface area contributed by atoms with Crippen LogP contribution >= 0.6 is 0 Å².